The average molecular weight is 496 g/mol. The molecule has 2 aromatic rings. The van der Waals surface area contributed by atoms with E-state index in [2.05, 4.69) is 10.2 Å². The van der Waals surface area contributed by atoms with Crippen LogP contribution in [0.4, 0.5) is 30.7 Å². The van der Waals surface area contributed by atoms with Gasteiger partial charge in [0.25, 0.3) is 11.8 Å². The molecule has 1 saturated heterocycles. The maximum atomic E-state index is 13.4. The van der Waals surface area contributed by atoms with E-state index in [0.29, 0.717) is 5.56 Å². The summed E-state index contributed by atoms with van der Waals surface area (Å²) in [6.07, 6.45) is -9.01. The summed E-state index contributed by atoms with van der Waals surface area (Å²) in [5, 5.41) is 8.37. The highest BCUT2D eigenvalue weighted by Crippen LogP contribution is 2.36. The first kappa shape index (κ1) is 23.9. The van der Waals surface area contributed by atoms with Crippen LogP contribution in [0.5, 0.6) is 0 Å². The number of nitrogens with zero attached hydrogens (tertiary/aromatic N) is 3. The maximum Gasteiger partial charge on any atom is 0.463 e. The Morgan fingerprint density at radius 1 is 1.18 bits per heavy atom. The van der Waals surface area contributed by atoms with E-state index in [1.807, 2.05) is 0 Å². The second kappa shape index (κ2) is 8.52. The molecule has 34 heavy (non-hydrogen) atoms. The van der Waals surface area contributed by atoms with Crippen LogP contribution in [-0.2, 0) is 16.1 Å². The van der Waals surface area contributed by atoms with Crippen molar-refractivity contribution in [2.24, 2.45) is 0 Å². The monoisotopic (exact) mass is 496 g/mol. The van der Waals surface area contributed by atoms with Crippen LogP contribution in [0.2, 0.25) is 0 Å². The van der Waals surface area contributed by atoms with Crippen molar-refractivity contribution >= 4 is 11.8 Å². The minimum absolute atomic E-state index is 0.0206. The Kier molecular flexibility index (Phi) is 5.99. The fourth-order valence-electron chi connectivity index (χ4n) is 3.79. The number of carbonyl (C=O) groups excluding carboxylic acids is 2. The largest absolute Gasteiger partial charge is 0.463 e. The second-order valence-electron chi connectivity index (χ2n) is 7.63. The molecule has 0 saturated carbocycles. The van der Waals surface area contributed by atoms with E-state index in [0.717, 1.165) is 0 Å². The Morgan fingerprint density at radius 2 is 1.91 bits per heavy atom. The zero-order valence-electron chi connectivity index (χ0n) is 16.9. The third kappa shape index (κ3) is 4.19. The Morgan fingerprint density at radius 3 is 2.56 bits per heavy atom. The fourth-order valence-corrected chi connectivity index (χ4v) is 3.79. The van der Waals surface area contributed by atoms with Crippen LogP contribution in [0.25, 0.3) is 11.5 Å². The molecule has 2 aliphatic rings. The molecule has 15 heteroatoms. The van der Waals surface area contributed by atoms with Crippen molar-refractivity contribution in [1.82, 2.24) is 20.4 Å². The van der Waals surface area contributed by atoms with Gasteiger partial charge >= 0.3 is 24.4 Å². The van der Waals surface area contributed by atoms with Gasteiger partial charge in [-0.1, -0.05) is 6.07 Å². The van der Waals surface area contributed by atoms with Gasteiger partial charge in [-0.2, -0.15) is 30.7 Å². The van der Waals surface area contributed by atoms with E-state index in [9.17, 15) is 40.3 Å². The molecule has 2 atom stereocenters. The smallest absolute Gasteiger partial charge is 0.415 e. The van der Waals surface area contributed by atoms with Crippen LogP contribution in [0.15, 0.2) is 22.6 Å². The minimum atomic E-state index is -6.09. The Hall–Kier alpha value is -3.23. The number of hydrogen-bond donors (Lipinski definition) is 1. The first-order chi connectivity index (χ1) is 15.9. The van der Waals surface area contributed by atoms with Crippen molar-refractivity contribution in [3.8, 4) is 11.5 Å². The summed E-state index contributed by atoms with van der Waals surface area (Å²) >= 11 is 0. The van der Waals surface area contributed by atoms with Gasteiger partial charge in [0.15, 0.2) is 0 Å². The molecule has 1 N–H and O–H groups in total. The number of aromatic nitrogens is 2. The molecule has 0 unspecified atom stereocenters. The molecular weight excluding hydrogens is 481 g/mol. The highest BCUT2D eigenvalue weighted by molar-refractivity contribution is 5.99. The molecule has 0 radical (unpaired) electrons. The molecule has 3 heterocycles. The highest BCUT2D eigenvalue weighted by atomic mass is 19.4. The first-order valence-electron chi connectivity index (χ1n) is 9.79. The lowest BCUT2D eigenvalue weighted by molar-refractivity contribution is -0.270. The van der Waals surface area contributed by atoms with Crippen LogP contribution in [0.1, 0.15) is 34.7 Å². The van der Waals surface area contributed by atoms with E-state index in [-0.39, 0.29) is 43.2 Å². The number of fused-ring (bicyclic) bond motifs is 1. The second-order valence-corrected chi connectivity index (χ2v) is 7.63. The summed E-state index contributed by atoms with van der Waals surface area (Å²) in [6.45, 7) is -0.322. The maximum absolute atomic E-state index is 13.4. The van der Waals surface area contributed by atoms with Gasteiger partial charge < -0.3 is 19.4 Å². The van der Waals surface area contributed by atoms with E-state index in [1.165, 1.54) is 23.1 Å². The van der Waals surface area contributed by atoms with Gasteiger partial charge in [0.05, 0.1) is 18.7 Å². The van der Waals surface area contributed by atoms with Crippen molar-refractivity contribution in [3.63, 3.8) is 0 Å². The number of rotatable bonds is 5. The molecule has 1 aromatic carbocycles. The van der Waals surface area contributed by atoms with Crippen molar-refractivity contribution in [2.45, 2.75) is 43.6 Å². The zero-order chi connectivity index (χ0) is 24.8. The number of halogens is 7. The SMILES string of the molecule is O=C1c2cc(-c3nnc(C(F)F)o3)ccc2CN1[C@@H]1CCOC[C@@H]1NC(=O)C(F)(F)C(F)(F)F. The molecule has 1 fully saturated rings. The van der Waals surface area contributed by atoms with Gasteiger partial charge in [-0.15, -0.1) is 10.2 Å². The Balaban J connectivity index is 1.54. The Bertz CT molecular complexity index is 1100. The summed E-state index contributed by atoms with van der Waals surface area (Å²) < 4.78 is 99.8. The highest BCUT2D eigenvalue weighted by Gasteiger charge is 2.64. The van der Waals surface area contributed by atoms with E-state index < -0.39 is 48.3 Å². The van der Waals surface area contributed by atoms with E-state index in [1.54, 1.807) is 5.32 Å². The van der Waals surface area contributed by atoms with Crippen LogP contribution in [0.3, 0.4) is 0 Å². The number of nitrogens with one attached hydrogen (secondary N) is 1. The number of carbonyl (C=O) groups is 2. The predicted octanol–water partition coefficient (Wildman–Crippen LogP) is 3.10. The summed E-state index contributed by atoms with van der Waals surface area (Å²) in [6, 6.07) is 2.02. The van der Waals surface area contributed by atoms with Gasteiger partial charge in [0, 0.05) is 24.3 Å². The van der Waals surface area contributed by atoms with Gasteiger partial charge in [-0.05, 0) is 24.1 Å². The summed E-state index contributed by atoms with van der Waals surface area (Å²) in [7, 11) is 0. The Labute approximate surface area is 186 Å². The van der Waals surface area contributed by atoms with Crippen LogP contribution in [0, 0.1) is 0 Å². The number of hydrogen-bond acceptors (Lipinski definition) is 6. The fraction of sp³-hybridized carbons (Fsp3) is 0.474. The van der Waals surface area contributed by atoms with Crippen molar-refractivity contribution in [2.75, 3.05) is 13.2 Å². The topological polar surface area (TPSA) is 97.6 Å². The third-order valence-corrected chi connectivity index (χ3v) is 5.49. The lowest BCUT2D eigenvalue weighted by atomic mass is 10.0. The summed E-state index contributed by atoms with van der Waals surface area (Å²) in [4.78, 5) is 25.9. The number of benzene rings is 1. The molecule has 0 bridgehead atoms. The number of alkyl halides is 7. The normalized spacial score (nSPS) is 21.2. The van der Waals surface area contributed by atoms with Gasteiger partial charge in [-0.3, -0.25) is 9.59 Å². The quantitative estimate of drug-likeness (QED) is 0.640. The number of ether oxygens (including phenoxy) is 1. The first-order valence-corrected chi connectivity index (χ1v) is 9.79. The van der Waals surface area contributed by atoms with Gasteiger partial charge in [-0.25, -0.2) is 0 Å². The van der Waals surface area contributed by atoms with Crippen molar-refractivity contribution < 1.29 is 49.5 Å². The molecule has 0 spiro atoms. The van der Waals surface area contributed by atoms with E-state index in [4.69, 9.17) is 9.15 Å². The lowest BCUT2D eigenvalue weighted by Gasteiger charge is -2.38. The third-order valence-electron chi connectivity index (χ3n) is 5.49. The minimum Gasteiger partial charge on any atom is -0.415 e. The molecule has 2 amide bonds. The zero-order valence-corrected chi connectivity index (χ0v) is 16.9. The lowest BCUT2D eigenvalue weighted by Crippen LogP contribution is -2.61. The molecule has 4 rings (SSSR count). The standard InChI is InChI=1S/C19H15F7N4O4/c20-13(21)15-29-28-14(34-15)8-1-2-9-6-30(16(31)10(9)5-8)12-3-4-33-7-11(12)27-17(32)18(22,23)19(24,25)26/h1-2,5,11-13H,3-4,6-7H2,(H,27,32)/t11-,12+/m0/s1. The molecule has 2 aliphatic heterocycles. The number of amides is 2. The van der Waals surface area contributed by atoms with Crippen LogP contribution in [-0.4, -0.2) is 64.3 Å². The average Bonchev–Trinajstić information content (AvgIpc) is 3.39. The predicted molar refractivity (Wildman–Crippen MR) is 96.7 cm³/mol. The summed E-state index contributed by atoms with van der Waals surface area (Å²) in [5.74, 6) is -9.92. The molecular formula is C19H15F7N4O4. The molecule has 8 nitrogen and oxygen atoms in total. The molecule has 184 valence electrons. The van der Waals surface area contributed by atoms with Crippen molar-refractivity contribution in [3.05, 3.63) is 35.2 Å². The van der Waals surface area contributed by atoms with Crippen molar-refractivity contribution in [1.29, 1.82) is 0 Å². The van der Waals surface area contributed by atoms with Crippen LogP contribution < -0.4 is 5.32 Å². The summed E-state index contributed by atoms with van der Waals surface area (Å²) in [5.41, 5.74) is 0.793. The van der Waals surface area contributed by atoms with Crippen LogP contribution >= 0.6 is 0 Å². The molecule has 0 aliphatic carbocycles. The van der Waals surface area contributed by atoms with Gasteiger partial charge in [0.2, 0.25) is 5.89 Å². The molecule has 1 aromatic heterocycles. The van der Waals surface area contributed by atoms with Gasteiger partial charge in [0.1, 0.15) is 0 Å². The van der Waals surface area contributed by atoms with E-state index >= 15 is 0 Å².